The summed E-state index contributed by atoms with van der Waals surface area (Å²) in [6.07, 6.45) is -0.0492. The molecule has 0 aliphatic carbocycles. The van der Waals surface area contributed by atoms with Crippen LogP contribution in [-0.4, -0.2) is 42.4 Å². The van der Waals surface area contributed by atoms with E-state index in [9.17, 15) is 4.79 Å². The monoisotopic (exact) mass is 229 g/mol. The van der Waals surface area contributed by atoms with E-state index in [1.807, 2.05) is 20.8 Å². The van der Waals surface area contributed by atoms with Gasteiger partial charge >= 0.3 is 6.09 Å². The molecule has 0 saturated carbocycles. The van der Waals surface area contributed by atoms with Gasteiger partial charge in [-0.1, -0.05) is 13.8 Å². The second-order valence-electron chi connectivity index (χ2n) is 5.73. The van der Waals surface area contributed by atoms with Crippen molar-refractivity contribution in [1.29, 1.82) is 0 Å². The average Bonchev–Trinajstić information content (AvgIpc) is 1.96. The van der Waals surface area contributed by atoms with Crippen molar-refractivity contribution < 1.29 is 14.3 Å². The highest BCUT2D eigenvalue weighted by Gasteiger charge is 2.34. The topological polar surface area (TPSA) is 38.8 Å². The molecule has 0 N–H and O–H groups in total. The van der Waals surface area contributed by atoms with E-state index in [2.05, 4.69) is 13.8 Å². The number of carbonyl (C=O) groups excluding carboxylic acids is 1. The number of rotatable bonds is 3. The van der Waals surface area contributed by atoms with Crippen molar-refractivity contribution in [3.63, 3.8) is 0 Å². The highest BCUT2D eigenvalue weighted by atomic mass is 16.6. The first-order valence-corrected chi connectivity index (χ1v) is 5.87. The predicted octanol–water partition coefficient (Wildman–Crippen LogP) is 2.28. The molecule has 0 aromatic heterocycles. The van der Waals surface area contributed by atoms with Crippen molar-refractivity contribution in [2.45, 2.75) is 46.3 Å². The molecule has 94 valence electrons. The van der Waals surface area contributed by atoms with Gasteiger partial charge in [0, 0.05) is 6.61 Å². The Morgan fingerprint density at radius 3 is 2.38 bits per heavy atom. The maximum Gasteiger partial charge on any atom is 0.410 e. The fraction of sp³-hybridized carbons (Fsp3) is 0.917. The molecule has 1 heterocycles. The summed E-state index contributed by atoms with van der Waals surface area (Å²) < 4.78 is 10.8. The Morgan fingerprint density at radius 1 is 1.38 bits per heavy atom. The van der Waals surface area contributed by atoms with Gasteiger partial charge in [-0.15, -0.1) is 0 Å². The van der Waals surface area contributed by atoms with Crippen LogP contribution in [0.3, 0.4) is 0 Å². The second kappa shape index (κ2) is 5.04. The number of hydrogen-bond acceptors (Lipinski definition) is 3. The van der Waals surface area contributed by atoms with Gasteiger partial charge in [-0.3, -0.25) is 0 Å². The number of likely N-dealkylation sites (tertiary alicyclic amines) is 1. The van der Waals surface area contributed by atoms with E-state index >= 15 is 0 Å². The Labute approximate surface area is 97.9 Å². The zero-order valence-electron chi connectivity index (χ0n) is 10.9. The maximum atomic E-state index is 11.6. The molecule has 0 radical (unpaired) electrons. The van der Waals surface area contributed by atoms with Gasteiger partial charge in [-0.05, 0) is 26.7 Å². The summed E-state index contributed by atoms with van der Waals surface area (Å²) in [5, 5.41) is 0. The molecular formula is C12H23NO3. The van der Waals surface area contributed by atoms with Gasteiger partial charge < -0.3 is 14.4 Å². The minimum Gasteiger partial charge on any atom is -0.444 e. The molecule has 0 aromatic rings. The number of carbonyl (C=O) groups is 1. The summed E-state index contributed by atoms with van der Waals surface area (Å²) in [5.74, 6) is 0.538. The third-order valence-electron chi connectivity index (χ3n) is 2.16. The van der Waals surface area contributed by atoms with E-state index in [1.165, 1.54) is 0 Å². The van der Waals surface area contributed by atoms with Crippen LogP contribution in [0.15, 0.2) is 0 Å². The third kappa shape index (κ3) is 4.39. The molecule has 1 aliphatic rings. The van der Waals surface area contributed by atoms with Crippen molar-refractivity contribution in [3.05, 3.63) is 0 Å². The third-order valence-corrected chi connectivity index (χ3v) is 2.16. The van der Waals surface area contributed by atoms with Crippen LogP contribution in [0.2, 0.25) is 0 Å². The van der Waals surface area contributed by atoms with Gasteiger partial charge in [-0.25, -0.2) is 4.79 Å². The minimum absolute atomic E-state index is 0.190. The summed E-state index contributed by atoms with van der Waals surface area (Å²) >= 11 is 0. The second-order valence-corrected chi connectivity index (χ2v) is 5.73. The lowest BCUT2D eigenvalue weighted by atomic mass is 10.1. The lowest BCUT2D eigenvalue weighted by Gasteiger charge is -2.39. The van der Waals surface area contributed by atoms with Crippen LogP contribution in [0.1, 0.15) is 34.6 Å². The standard InChI is InChI=1S/C12H23NO3/c1-9(2)8-15-10-6-13(7-10)11(14)16-12(3,4)5/h9-10H,6-8H2,1-5H3. The summed E-state index contributed by atoms with van der Waals surface area (Å²) in [5.41, 5.74) is -0.416. The van der Waals surface area contributed by atoms with E-state index in [1.54, 1.807) is 4.90 Å². The molecule has 0 bridgehead atoms. The van der Waals surface area contributed by atoms with Crippen molar-refractivity contribution >= 4 is 6.09 Å². The molecule has 16 heavy (non-hydrogen) atoms. The Morgan fingerprint density at radius 2 is 1.94 bits per heavy atom. The minimum atomic E-state index is -0.416. The van der Waals surface area contributed by atoms with Crippen LogP contribution >= 0.6 is 0 Å². The van der Waals surface area contributed by atoms with Gasteiger partial charge in [0.15, 0.2) is 0 Å². The van der Waals surface area contributed by atoms with Crippen molar-refractivity contribution in [2.24, 2.45) is 5.92 Å². The Bertz CT molecular complexity index is 239. The van der Waals surface area contributed by atoms with E-state index in [0.717, 1.165) is 6.61 Å². The molecule has 1 aliphatic heterocycles. The summed E-state index contributed by atoms with van der Waals surface area (Å²) in [6, 6.07) is 0. The first-order valence-electron chi connectivity index (χ1n) is 5.87. The van der Waals surface area contributed by atoms with Crippen molar-refractivity contribution in [3.8, 4) is 0 Å². The quantitative estimate of drug-likeness (QED) is 0.745. The van der Waals surface area contributed by atoms with Crippen LogP contribution in [0, 0.1) is 5.92 Å². The van der Waals surface area contributed by atoms with Gasteiger partial charge in [0.05, 0.1) is 19.2 Å². The Balaban J connectivity index is 2.18. The zero-order valence-corrected chi connectivity index (χ0v) is 10.9. The summed E-state index contributed by atoms with van der Waals surface area (Å²) in [4.78, 5) is 13.2. The molecule has 1 fully saturated rings. The smallest absolute Gasteiger partial charge is 0.410 e. The molecule has 1 amide bonds. The molecule has 4 heteroatoms. The molecule has 0 unspecified atom stereocenters. The largest absolute Gasteiger partial charge is 0.444 e. The van der Waals surface area contributed by atoms with Crippen LogP contribution in [0.4, 0.5) is 4.79 Å². The van der Waals surface area contributed by atoms with E-state index in [-0.39, 0.29) is 12.2 Å². The van der Waals surface area contributed by atoms with Crippen LogP contribution in [-0.2, 0) is 9.47 Å². The van der Waals surface area contributed by atoms with Gasteiger partial charge in [0.25, 0.3) is 0 Å². The predicted molar refractivity (Wildman–Crippen MR) is 62.4 cm³/mol. The number of amides is 1. The molecule has 1 rings (SSSR count). The molecular weight excluding hydrogens is 206 g/mol. The van der Waals surface area contributed by atoms with Crippen molar-refractivity contribution in [1.82, 2.24) is 4.90 Å². The fourth-order valence-electron chi connectivity index (χ4n) is 1.35. The van der Waals surface area contributed by atoms with E-state index < -0.39 is 5.60 Å². The first kappa shape index (κ1) is 13.3. The fourth-order valence-corrected chi connectivity index (χ4v) is 1.35. The average molecular weight is 229 g/mol. The lowest BCUT2D eigenvalue weighted by molar-refractivity contribution is -0.0690. The number of hydrogen-bond donors (Lipinski definition) is 0. The number of nitrogens with zero attached hydrogens (tertiary/aromatic N) is 1. The summed E-state index contributed by atoms with van der Waals surface area (Å²) in [6.45, 7) is 11.9. The van der Waals surface area contributed by atoms with Crippen LogP contribution in [0.25, 0.3) is 0 Å². The molecule has 0 atom stereocenters. The van der Waals surface area contributed by atoms with Gasteiger partial charge in [-0.2, -0.15) is 0 Å². The normalized spacial score (nSPS) is 17.5. The highest BCUT2D eigenvalue weighted by molar-refractivity contribution is 5.69. The molecule has 0 aromatic carbocycles. The lowest BCUT2D eigenvalue weighted by Crippen LogP contribution is -2.56. The Hall–Kier alpha value is -0.770. The summed E-state index contributed by atoms with van der Waals surface area (Å²) in [7, 11) is 0. The van der Waals surface area contributed by atoms with Crippen LogP contribution in [0.5, 0.6) is 0 Å². The SMILES string of the molecule is CC(C)COC1CN(C(=O)OC(C)(C)C)C1. The van der Waals surface area contributed by atoms with Crippen LogP contribution < -0.4 is 0 Å². The van der Waals surface area contributed by atoms with Gasteiger partial charge in [0.1, 0.15) is 5.60 Å². The first-order chi connectivity index (χ1) is 7.28. The molecule has 0 spiro atoms. The Kier molecular flexibility index (Phi) is 4.19. The molecule has 1 saturated heterocycles. The maximum absolute atomic E-state index is 11.6. The number of ether oxygens (including phenoxy) is 2. The van der Waals surface area contributed by atoms with Crippen molar-refractivity contribution in [2.75, 3.05) is 19.7 Å². The van der Waals surface area contributed by atoms with E-state index in [0.29, 0.717) is 19.0 Å². The zero-order chi connectivity index (χ0) is 12.3. The van der Waals surface area contributed by atoms with Gasteiger partial charge in [0.2, 0.25) is 0 Å². The van der Waals surface area contributed by atoms with E-state index in [4.69, 9.17) is 9.47 Å². The molecule has 4 nitrogen and oxygen atoms in total. The highest BCUT2D eigenvalue weighted by Crippen LogP contribution is 2.17.